The van der Waals surface area contributed by atoms with Gasteiger partial charge in [-0.25, -0.2) is 0 Å². The van der Waals surface area contributed by atoms with Gasteiger partial charge in [-0.15, -0.1) is 0 Å². The van der Waals surface area contributed by atoms with Crippen LogP contribution in [0.3, 0.4) is 0 Å². The molecule has 5 aliphatic rings. The number of rotatable bonds is 12. The van der Waals surface area contributed by atoms with Gasteiger partial charge in [-0.2, -0.15) is 0 Å². The second kappa shape index (κ2) is 18.5. The molecule has 0 aliphatic carbocycles. The van der Waals surface area contributed by atoms with Crippen LogP contribution in [0, 0.1) is 0 Å². The molecule has 5 saturated heterocycles. The Bertz CT molecular complexity index is 2300. The topological polar surface area (TPSA) is 103 Å². The third kappa shape index (κ3) is 8.83. The van der Waals surface area contributed by atoms with E-state index in [2.05, 4.69) is 175 Å². The van der Waals surface area contributed by atoms with Crippen LogP contribution in [0.2, 0.25) is 0 Å². The average Bonchev–Trinajstić information content (AvgIpc) is 3.33. The molecular weight excluding hydrogens is 1240 g/mol. The molecular formula is C48H60Ge6N6O9. The summed E-state index contributed by atoms with van der Waals surface area (Å²) in [5.74, 6) is 0. The number of hydrogen-bond donors (Lipinski definition) is 0. The zero-order valence-corrected chi connectivity index (χ0v) is 53.8. The first kappa shape index (κ1) is 49.6. The predicted molar refractivity (Wildman–Crippen MR) is 287 cm³/mol. The van der Waals surface area contributed by atoms with Crippen LogP contribution in [-0.4, -0.2) is 170 Å². The van der Waals surface area contributed by atoms with Crippen LogP contribution in [0.1, 0.15) is 0 Å². The molecule has 6 bridgehead atoms. The summed E-state index contributed by atoms with van der Waals surface area (Å²) in [4.78, 5) is 12.4. The molecule has 6 aromatic rings. The van der Waals surface area contributed by atoms with Crippen molar-refractivity contribution in [2.75, 3.05) is 114 Å². The molecule has 15 nitrogen and oxygen atoms in total. The SMILES string of the molecule is CN(C)c1cc[c]([Ge]23[O][Ge]4([c]5ccc(N(C)C)cc5)[O][Ge]([c]5ccc(N(C)C)cc5)([O]2)[O][Ge]2([c]5ccc(N(C)C)cc5)[O][Ge]([c]5ccc(N(C)C)cc5)([O][Ge]([c]5ccc(N(C)C)cc5)([O]2)[O]4)[O]3)cc1. The summed E-state index contributed by atoms with van der Waals surface area (Å²) in [7, 11) is 24.3. The Morgan fingerprint density at radius 1 is 0.188 bits per heavy atom. The van der Waals surface area contributed by atoms with Crippen LogP contribution in [0.5, 0.6) is 0 Å². The number of anilines is 6. The van der Waals surface area contributed by atoms with Gasteiger partial charge in [0.25, 0.3) is 0 Å². The van der Waals surface area contributed by atoms with E-state index in [0.29, 0.717) is 0 Å². The molecule has 0 aromatic heterocycles. The Morgan fingerprint density at radius 3 is 0.377 bits per heavy atom. The summed E-state index contributed by atoms with van der Waals surface area (Å²) >= 11 is -31.2. The standard InChI is InChI=1S/C48H60Ge6N6O9/c1-55(2)43-25-13-37(14-26-43)49-61-50(38-15-27-44(28-16-38)56(3)4)63-51(62-49,39-17-29-45(30-18-39)57(5)6)69-54(42-23-35-48(36-24-42)60(11)12)65-52(67-49,40-19-31-46(32-20-40)58(7)8)64-53(66-54,68-50)41-21-33-47(34-22-41)59(9)10/h13-36H,1-12H3. The summed E-state index contributed by atoms with van der Waals surface area (Å²) in [5.41, 5.74) is 6.05. The van der Waals surface area contributed by atoms with Crippen LogP contribution in [0.25, 0.3) is 0 Å². The van der Waals surface area contributed by atoms with Crippen molar-refractivity contribution < 1.29 is 25.1 Å². The van der Waals surface area contributed by atoms with Gasteiger partial charge in [0, 0.05) is 0 Å². The molecule has 5 heterocycles. The van der Waals surface area contributed by atoms with E-state index >= 15 is 0 Å². The molecule has 0 spiro atoms. The van der Waals surface area contributed by atoms with Crippen molar-refractivity contribution in [2.24, 2.45) is 0 Å². The van der Waals surface area contributed by atoms with Gasteiger partial charge in [0.05, 0.1) is 0 Å². The number of nitrogens with zero attached hydrogens (tertiary/aromatic N) is 6. The monoisotopic (exact) mass is 1310 g/mol. The zero-order chi connectivity index (χ0) is 48.7. The minimum absolute atomic E-state index is 0.773. The Labute approximate surface area is 426 Å². The second-order valence-corrected chi connectivity index (χ2v) is 64.1. The fourth-order valence-electron chi connectivity index (χ4n) is 8.81. The first-order chi connectivity index (χ1) is 32.8. The van der Waals surface area contributed by atoms with Crippen LogP contribution in [-0.2, 0) is 25.1 Å². The van der Waals surface area contributed by atoms with Crippen molar-refractivity contribution in [1.29, 1.82) is 0 Å². The average molecular weight is 1300 g/mol. The van der Waals surface area contributed by atoms with Crippen molar-refractivity contribution >= 4 is 146 Å². The number of benzene rings is 6. The molecule has 5 fully saturated rings. The first-order valence-electron chi connectivity index (χ1n) is 22.8. The van der Waals surface area contributed by atoms with E-state index in [1.54, 1.807) is 0 Å². The van der Waals surface area contributed by atoms with Gasteiger partial charge in [-0.05, 0) is 0 Å². The molecule has 0 unspecified atom stereocenters. The molecule has 0 atom stereocenters. The quantitative estimate of drug-likeness (QED) is 0.168. The zero-order valence-electron chi connectivity index (χ0n) is 41.2. The van der Waals surface area contributed by atoms with Gasteiger partial charge >= 0.3 is 431 Å². The predicted octanol–water partition coefficient (Wildman–Crippen LogP) is 2.66. The van der Waals surface area contributed by atoms with E-state index in [0.717, 1.165) is 60.5 Å². The molecule has 0 saturated carbocycles. The third-order valence-electron chi connectivity index (χ3n) is 12.8. The van der Waals surface area contributed by atoms with E-state index < -0.39 is 85.7 Å². The van der Waals surface area contributed by atoms with Crippen molar-refractivity contribution in [1.82, 2.24) is 0 Å². The Hall–Kier alpha value is -2.98. The van der Waals surface area contributed by atoms with E-state index in [1.165, 1.54) is 0 Å². The molecule has 5 aliphatic heterocycles. The Morgan fingerprint density at radius 2 is 0.290 bits per heavy atom. The fourth-order valence-corrected chi connectivity index (χ4v) is 137. The fraction of sp³-hybridized carbons (Fsp3) is 0.250. The van der Waals surface area contributed by atoms with Gasteiger partial charge < -0.3 is 0 Å². The van der Waals surface area contributed by atoms with Gasteiger partial charge in [0.1, 0.15) is 0 Å². The van der Waals surface area contributed by atoms with Gasteiger partial charge in [0.2, 0.25) is 0 Å². The number of hydrogen-bond acceptors (Lipinski definition) is 15. The molecule has 6 aromatic carbocycles. The maximum absolute atomic E-state index is 8.21. The van der Waals surface area contributed by atoms with E-state index in [-0.39, 0.29) is 0 Å². The van der Waals surface area contributed by atoms with Crippen molar-refractivity contribution in [3.8, 4) is 0 Å². The van der Waals surface area contributed by atoms with E-state index in [9.17, 15) is 0 Å². The Balaban J connectivity index is 1.35. The second-order valence-electron chi connectivity index (χ2n) is 18.9. The van der Waals surface area contributed by atoms with Crippen molar-refractivity contribution in [3.05, 3.63) is 146 Å². The van der Waals surface area contributed by atoms with Crippen LogP contribution < -0.4 is 55.8 Å². The maximum atomic E-state index is 8.21. The van der Waals surface area contributed by atoms with Crippen molar-refractivity contribution in [3.63, 3.8) is 0 Å². The summed E-state index contributed by atoms with van der Waals surface area (Å²) in [5, 5.41) is 0. The summed E-state index contributed by atoms with van der Waals surface area (Å²) in [6.45, 7) is 0. The van der Waals surface area contributed by atoms with Crippen LogP contribution in [0.4, 0.5) is 34.1 Å². The van der Waals surface area contributed by atoms with E-state index in [1.807, 2.05) is 84.6 Å². The first-order valence-corrected chi connectivity index (χ1v) is 44.5. The normalized spacial score (nSPS) is 27.8. The summed E-state index contributed by atoms with van der Waals surface area (Å²) < 4.78 is 77.2. The molecule has 360 valence electrons. The molecule has 0 radical (unpaired) electrons. The molecule has 69 heavy (non-hydrogen) atoms. The van der Waals surface area contributed by atoms with E-state index in [4.69, 9.17) is 25.1 Å². The Kier molecular flexibility index (Phi) is 13.3. The molecule has 0 amide bonds. The van der Waals surface area contributed by atoms with Gasteiger partial charge in [-0.1, -0.05) is 0 Å². The third-order valence-corrected chi connectivity index (χ3v) is 88.8. The summed E-state index contributed by atoms with van der Waals surface area (Å²) in [6, 6.07) is 49.8. The molecule has 0 N–H and O–H groups in total. The van der Waals surface area contributed by atoms with Crippen LogP contribution in [0.15, 0.2) is 146 Å². The van der Waals surface area contributed by atoms with Crippen LogP contribution >= 0.6 is 0 Å². The van der Waals surface area contributed by atoms with Gasteiger partial charge in [-0.3, -0.25) is 0 Å². The van der Waals surface area contributed by atoms with Crippen molar-refractivity contribution in [2.45, 2.75) is 0 Å². The van der Waals surface area contributed by atoms with Gasteiger partial charge in [0.15, 0.2) is 0 Å². The molecule has 11 rings (SSSR count). The molecule has 21 heteroatoms. The summed E-state index contributed by atoms with van der Waals surface area (Å²) in [6.07, 6.45) is 0. The minimum atomic E-state index is -5.20.